The van der Waals surface area contributed by atoms with Gasteiger partial charge in [-0.05, 0) is 27.7 Å². The maximum Gasteiger partial charge on any atom is 0.336 e. The molecule has 0 aliphatic heterocycles. The third-order valence-corrected chi connectivity index (χ3v) is 2.02. The number of ether oxygens (including phenoxy) is 1. The van der Waals surface area contributed by atoms with E-state index in [1.165, 1.54) is 6.92 Å². The normalized spacial score (nSPS) is 16.1. The van der Waals surface area contributed by atoms with E-state index in [1.54, 1.807) is 0 Å². The molecule has 0 saturated heterocycles. The Bertz CT molecular complexity index is 213. The van der Waals surface area contributed by atoms with Crippen molar-refractivity contribution in [3.63, 3.8) is 0 Å². The van der Waals surface area contributed by atoms with Crippen LogP contribution in [0.3, 0.4) is 0 Å². The Morgan fingerprint density at radius 3 is 2.27 bits per heavy atom. The number of aliphatic carboxylic acids is 1. The van der Waals surface area contributed by atoms with Crippen molar-refractivity contribution in [2.24, 2.45) is 0 Å². The summed E-state index contributed by atoms with van der Waals surface area (Å²) < 4.78 is 5.41. The van der Waals surface area contributed by atoms with Crippen LogP contribution in [0.5, 0.6) is 0 Å². The molecule has 0 heterocycles. The number of carboxylic acid groups (broad SMARTS) is 1. The fraction of sp³-hybridized carbons (Fsp3) is 0.900. The van der Waals surface area contributed by atoms with E-state index in [0.29, 0.717) is 13.2 Å². The molecule has 3 N–H and O–H groups in total. The van der Waals surface area contributed by atoms with Crippen molar-refractivity contribution in [1.82, 2.24) is 5.32 Å². The Labute approximate surface area is 90.4 Å². The van der Waals surface area contributed by atoms with Gasteiger partial charge in [0, 0.05) is 19.7 Å². The van der Waals surface area contributed by atoms with E-state index in [-0.39, 0.29) is 12.1 Å². The highest BCUT2D eigenvalue weighted by Crippen LogP contribution is 2.08. The lowest BCUT2D eigenvalue weighted by molar-refractivity contribution is -0.156. The van der Waals surface area contributed by atoms with Gasteiger partial charge in [0.05, 0.1) is 5.60 Å². The Hall–Kier alpha value is -0.650. The summed E-state index contributed by atoms with van der Waals surface area (Å²) >= 11 is 0. The molecule has 0 aromatic rings. The van der Waals surface area contributed by atoms with Crippen LogP contribution in [0.1, 0.15) is 27.7 Å². The van der Waals surface area contributed by atoms with Gasteiger partial charge in [0.25, 0.3) is 0 Å². The fourth-order valence-electron chi connectivity index (χ4n) is 1.12. The fourth-order valence-corrected chi connectivity index (χ4v) is 1.12. The summed E-state index contributed by atoms with van der Waals surface area (Å²) in [5, 5.41) is 20.9. The lowest BCUT2D eigenvalue weighted by atomic mass is 10.1. The van der Waals surface area contributed by atoms with Crippen molar-refractivity contribution in [1.29, 1.82) is 0 Å². The first-order chi connectivity index (χ1) is 6.71. The molecular weight excluding hydrogens is 198 g/mol. The molecular formula is C10H21NO4. The van der Waals surface area contributed by atoms with E-state index in [4.69, 9.17) is 9.84 Å². The summed E-state index contributed by atoms with van der Waals surface area (Å²) in [5.41, 5.74) is -2.09. The van der Waals surface area contributed by atoms with Crippen LogP contribution in [0.25, 0.3) is 0 Å². The largest absolute Gasteiger partial charge is 0.479 e. The lowest BCUT2D eigenvalue weighted by Gasteiger charge is -2.27. The molecule has 0 amide bonds. The van der Waals surface area contributed by atoms with Crippen LogP contribution in [-0.4, -0.2) is 47.1 Å². The second kappa shape index (κ2) is 5.44. The SMILES string of the molecule is CCOC(C)(C)CNCC(C)(O)C(=O)O. The van der Waals surface area contributed by atoms with Gasteiger partial charge < -0.3 is 20.3 Å². The first-order valence-corrected chi connectivity index (χ1v) is 5.02. The van der Waals surface area contributed by atoms with Crippen LogP contribution in [0.15, 0.2) is 0 Å². The third-order valence-electron chi connectivity index (χ3n) is 2.02. The number of carboxylic acids is 1. The maximum absolute atomic E-state index is 10.6. The first-order valence-electron chi connectivity index (χ1n) is 5.02. The third kappa shape index (κ3) is 5.71. The molecule has 0 aromatic heterocycles. The molecule has 0 radical (unpaired) electrons. The summed E-state index contributed by atoms with van der Waals surface area (Å²) in [6.45, 7) is 8.05. The maximum atomic E-state index is 10.6. The molecule has 0 rings (SSSR count). The topological polar surface area (TPSA) is 78.8 Å². The number of hydrogen-bond acceptors (Lipinski definition) is 4. The van der Waals surface area contributed by atoms with Crippen LogP contribution in [0.2, 0.25) is 0 Å². The van der Waals surface area contributed by atoms with E-state index >= 15 is 0 Å². The minimum atomic E-state index is -1.73. The number of nitrogens with one attached hydrogen (secondary N) is 1. The first kappa shape index (κ1) is 14.3. The Kier molecular flexibility index (Phi) is 5.20. The molecule has 0 aliphatic rings. The zero-order valence-corrected chi connectivity index (χ0v) is 9.83. The summed E-state index contributed by atoms with van der Waals surface area (Å²) in [6, 6.07) is 0. The number of carbonyl (C=O) groups is 1. The molecule has 1 unspecified atom stereocenters. The second-order valence-electron chi connectivity index (χ2n) is 4.38. The van der Waals surface area contributed by atoms with Crippen molar-refractivity contribution < 1.29 is 19.7 Å². The summed E-state index contributed by atoms with van der Waals surface area (Å²) in [6.07, 6.45) is 0. The van der Waals surface area contributed by atoms with Gasteiger partial charge in [-0.15, -0.1) is 0 Å². The minimum absolute atomic E-state index is 0.00115. The zero-order valence-electron chi connectivity index (χ0n) is 9.83. The predicted molar refractivity (Wildman–Crippen MR) is 56.8 cm³/mol. The average Bonchev–Trinajstić information content (AvgIpc) is 2.02. The van der Waals surface area contributed by atoms with Crippen LogP contribution < -0.4 is 5.32 Å². The Morgan fingerprint density at radius 2 is 1.87 bits per heavy atom. The van der Waals surface area contributed by atoms with Gasteiger partial charge in [-0.1, -0.05) is 0 Å². The van der Waals surface area contributed by atoms with Crippen molar-refractivity contribution in [2.45, 2.75) is 38.9 Å². The molecule has 0 aromatic carbocycles. The van der Waals surface area contributed by atoms with Crippen molar-refractivity contribution in [3.05, 3.63) is 0 Å². The lowest BCUT2D eigenvalue weighted by Crippen LogP contribution is -2.48. The highest BCUT2D eigenvalue weighted by Gasteiger charge is 2.30. The van der Waals surface area contributed by atoms with Crippen molar-refractivity contribution in [2.75, 3.05) is 19.7 Å². The summed E-state index contributed by atoms with van der Waals surface area (Å²) in [7, 11) is 0. The molecule has 0 spiro atoms. The molecule has 0 fully saturated rings. The quantitative estimate of drug-likeness (QED) is 0.571. The second-order valence-corrected chi connectivity index (χ2v) is 4.38. The number of hydrogen-bond donors (Lipinski definition) is 3. The zero-order chi connectivity index (χ0) is 12.1. The van der Waals surface area contributed by atoms with Crippen molar-refractivity contribution >= 4 is 5.97 Å². The Balaban J connectivity index is 3.93. The predicted octanol–water partition coefficient (Wildman–Crippen LogP) is 0.227. The molecule has 90 valence electrons. The number of rotatable bonds is 7. The van der Waals surface area contributed by atoms with E-state index in [1.807, 2.05) is 20.8 Å². The van der Waals surface area contributed by atoms with Gasteiger partial charge in [0.1, 0.15) is 0 Å². The van der Waals surface area contributed by atoms with E-state index in [0.717, 1.165) is 0 Å². The van der Waals surface area contributed by atoms with Gasteiger partial charge in [-0.3, -0.25) is 0 Å². The van der Waals surface area contributed by atoms with E-state index in [9.17, 15) is 9.90 Å². The van der Waals surface area contributed by atoms with E-state index < -0.39 is 11.6 Å². The molecule has 0 saturated carbocycles. The number of aliphatic hydroxyl groups is 1. The molecule has 0 aliphatic carbocycles. The van der Waals surface area contributed by atoms with Gasteiger partial charge in [0.15, 0.2) is 5.60 Å². The van der Waals surface area contributed by atoms with Gasteiger partial charge in [0.2, 0.25) is 0 Å². The standard InChI is InChI=1S/C10H21NO4/c1-5-15-9(2,3)6-11-7-10(4,14)8(12)13/h11,14H,5-7H2,1-4H3,(H,12,13). The van der Waals surface area contributed by atoms with Gasteiger partial charge in [-0.2, -0.15) is 0 Å². The van der Waals surface area contributed by atoms with Crippen LogP contribution in [0, 0.1) is 0 Å². The highest BCUT2D eigenvalue weighted by atomic mass is 16.5. The molecule has 5 heteroatoms. The molecule has 0 bridgehead atoms. The van der Waals surface area contributed by atoms with Crippen LogP contribution in [0.4, 0.5) is 0 Å². The van der Waals surface area contributed by atoms with E-state index in [2.05, 4.69) is 5.32 Å². The Morgan fingerprint density at radius 1 is 1.33 bits per heavy atom. The summed E-state index contributed by atoms with van der Waals surface area (Å²) in [4.78, 5) is 10.6. The summed E-state index contributed by atoms with van der Waals surface area (Å²) in [5.74, 6) is -1.23. The van der Waals surface area contributed by atoms with Gasteiger partial charge >= 0.3 is 5.97 Å². The smallest absolute Gasteiger partial charge is 0.336 e. The van der Waals surface area contributed by atoms with Crippen molar-refractivity contribution in [3.8, 4) is 0 Å². The van der Waals surface area contributed by atoms with Gasteiger partial charge in [-0.25, -0.2) is 4.79 Å². The highest BCUT2D eigenvalue weighted by molar-refractivity contribution is 5.76. The molecule has 15 heavy (non-hydrogen) atoms. The molecule has 5 nitrogen and oxygen atoms in total. The average molecular weight is 219 g/mol. The monoisotopic (exact) mass is 219 g/mol. The molecule has 1 atom stereocenters. The minimum Gasteiger partial charge on any atom is -0.479 e. The van der Waals surface area contributed by atoms with Crippen LogP contribution >= 0.6 is 0 Å². The van der Waals surface area contributed by atoms with Crippen LogP contribution in [-0.2, 0) is 9.53 Å².